The molecule has 0 saturated carbocycles. The number of sulfone groups is 1. The van der Waals surface area contributed by atoms with E-state index in [1.165, 1.54) is 24.5 Å². The Morgan fingerprint density at radius 3 is 2.31 bits per heavy atom. The Labute approximate surface area is 168 Å². The summed E-state index contributed by atoms with van der Waals surface area (Å²) in [5.41, 5.74) is 6.99. The molecule has 1 aromatic heterocycles. The van der Waals surface area contributed by atoms with Crippen molar-refractivity contribution in [1.29, 1.82) is 0 Å². The van der Waals surface area contributed by atoms with Crippen LogP contribution in [0, 0.1) is 13.8 Å². The van der Waals surface area contributed by atoms with Crippen LogP contribution < -0.4 is 10.9 Å². The van der Waals surface area contributed by atoms with Gasteiger partial charge in [0.15, 0.2) is 15.6 Å². The van der Waals surface area contributed by atoms with Gasteiger partial charge in [-0.3, -0.25) is 20.4 Å². The van der Waals surface area contributed by atoms with Crippen molar-refractivity contribution >= 4 is 21.7 Å². The lowest BCUT2D eigenvalue weighted by molar-refractivity contribution is 0.0830. The number of hydrogen-bond acceptors (Lipinski definition) is 5. The standard InChI is InChI=1S/C21H20N2O5S/c1-14-8-9-18(15(2)12-14)20(24)22-23-21(25)19-16(10-11-28-19)13-29(26,27)17-6-4-3-5-7-17/h3-12H,13H2,1-2H3,(H,22,24)(H,23,25). The molecule has 7 nitrogen and oxygen atoms in total. The zero-order chi connectivity index (χ0) is 21.0. The topological polar surface area (TPSA) is 105 Å². The number of aryl methyl sites for hydroxylation is 2. The zero-order valence-corrected chi connectivity index (χ0v) is 16.7. The highest BCUT2D eigenvalue weighted by Gasteiger charge is 2.23. The minimum Gasteiger partial charge on any atom is -0.459 e. The highest BCUT2D eigenvalue weighted by molar-refractivity contribution is 7.90. The van der Waals surface area contributed by atoms with Gasteiger partial charge < -0.3 is 4.42 Å². The second-order valence-electron chi connectivity index (χ2n) is 6.57. The van der Waals surface area contributed by atoms with Gasteiger partial charge in [0.25, 0.3) is 5.91 Å². The summed E-state index contributed by atoms with van der Waals surface area (Å²) >= 11 is 0. The number of carbonyl (C=O) groups excluding carboxylic acids is 2. The van der Waals surface area contributed by atoms with Crippen LogP contribution in [0.2, 0.25) is 0 Å². The van der Waals surface area contributed by atoms with Crippen molar-refractivity contribution < 1.29 is 22.4 Å². The molecule has 0 aliphatic rings. The van der Waals surface area contributed by atoms with Crippen molar-refractivity contribution in [3.8, 4) is 0 Å². The van der Waals surface area contributed by atoms with Crippen LogP contribution in [0.5, 0.6) is 0 Å². The number of rotatable bonds is 5. The van der Waals surface area contributed by atoms with E-state index in [9.17, 15) is 18.0 Å². The molecule has 2 aromatic carbocycles. The quantitative estimate of drug-likeness (QED) is 0.627. The molecule has 0 atom stereocenters. The number of hydrazine groups is 1. The van der Waals surface area contributed by atoms with Gasteiger partial charge in [-0.05, 0) is 43.7 Å². The highest BCUT2D eigenvalue weighted by atomic mass is 32.2. The number of amides is 2. The predicted octanol–water partition coefficient (Wildman–Crippen LogP) is 2.95. The van der Waals surface area contributed by atoms with Gasteiger partial charge in [0.05, 0.1) is 16.9 Å². The molecule has 0 unspecified atom stereocenters. The first-order valence-electron chi connectivity index (χ1n) is 8.80. The third-order valence-electron chi connectivity index (χ3n) is 4.32. The third-order valence-corrected chi connectivity index (χ3v) is 6.00. The first kappa shape index (κ1) is 20.3. The summed E-state index contributed by atoms with van der Waals surface area (Å²) < 4.78 is 30.3. The van der Waals surface area contributed by atoms with Crippen LogP contribution in [0.4, 0.5) is 0 Å². The molecule has 29 heavy (non-hydrogen) atoms. The maximum absolute atomic E-state index is 12.5. The van der Waals surface area contributed by atoms with Gasteiger partial charge >= 0.3 is 5.91 Å². The van der Waals surface area contributed by atoms with Crippen molar-refractivity contribution in [2.45, 2.75) is 24.5 Å². The van der Waals surface area contributed by atoms with Gasteiger partial charge in [0.1, 0.15) is 0 Å². The van der Waals surface area contributed by atoms with Crippen molar-refractivity contribution in [1.82, 2.24) is 10.9 Å². The number of furan rings is 1. The maximum Gasteiger partial charge on any atom is 0.305 e. The minimum absolute atomic E-state index is 0.149. The lowest BCUT2D eigenvalue weighted by Crippen LogP contribution is -2.42. The van der Waals surface area contributed by atoms with Crippen molar-refractivity contribution in [2.24, 2.45) is 0 Å². The average Bonchev–Trinajstić information content (AvgIpc) is 3.14. The van der Waals surface area contributed by atoms with E-state index in [0.717, 1.165) is 11.1 Å². The molecule has 3 aromatic rings. The van der Waals surface area contributed by atoms with E-state index in [0.29, 0.717) is 5.56 Å². The second kappa shape index (κ2) is 8.32. The third kappa shape index (κ3) is 4.72. The molecule has 2 amide bonds. The summed E-state index contributed by atoms with van der Waals surface area (Å²) in [4.78, 5) is 24.9. The molecule has 0 spiro atoms. The van der Waals surface area contributed by atoms with E-state index >= 15 is 0 Å². The summed E-state index contributed by atoms with van der Waals surface area (Å²) in [6, 6.07) is 14.7. The Bertz CT molecular complexity index is 1150. The molecule has 2 N–H and O–H groups in total. The number of nitrogens with one attached hydrogen (secondary N) is 2. The summed E-state index contributed by atoms with van der Waals surface area (Å²) in [5.74, 6) is -1.81. The van der Waals surface area contributed by atoms with Crippen molar-refractivity contribution in [2.75, 3.05) is 0 Å². The van der Waals surface area contributed by atoms with E-state index in [1.54, 1.807) is 37.3 Å². The Morgan fingerprint density at radius 1 is 0.931 bits per heavy atom. The number of hydrogen-bond donors (Lipinski definition) is 2. The van der Waals surface area contributed by atoms with Crippen molar-refractivity contribution in [3.63, 3.8) is 0 Å². The number of benzene rings is 2. The van der Waals surface area contributed by atoms with Gasteiger partial charge in [-0.15, -0.1) is 0 Å². The van der Waals surface area contributed by atoms with Crippen LogP contribution in [0.1, 0.15) is 37.6 Å². The predicted molar refractivity (Wildman–Crippen MR) is 107 cm³/mol. The van der Waals surface area contributed by atoms with Gasteiger partial charge in [0, 0.05) is 11.1 Å². The van der Waals surface area contributed by atoms with E-state index in [-0.39, 0.29) is 16.2 Å². The first-order valence-corrected chi connectivity index (χ1v) is 10.5. The Balaban J connectivity index is 1.70. The van der Waals surface area contributed by atoms with E-state index in [2.05, 4.69) is 10.9 Å². The summed E-state index contributed by atoms with van der Waals surface area (Å²) in [6.07, 6.45) is 1.23. The molecule has 0 aliphatic heterocycles. The van der Waals surface area contributed by atoms with Crippen LogP contribution in [0.15, 0.2) is 70.2 Å². The van der Waals surface area contributed by atoms with Gasteiger partial charge in [-0.2, -0.15) is 0 Å². The Hall–Kier alpha value is -3.39. The summed E-state index contributed by atoms with van der Waals surface area (Å²) in [7, 11) is -3.65. The molecule has 1 heterocycles. The van der Waals surface area contributed by atoms with Gasteiger partial charge in [-0.1, -0.05) is 35.9 Å². The summed E-state index contributed by atoms with van der Waals surface area (Å²) in [6.45, 7) is 3.71. The highest BCUT2D eigenvalue weighted by Crippen LogP contribution is 2.20. The van der Waals surface area contributed by atoms with Crippen LogP contribution >= 0.6 is 0 Å². The fourth-order valence-electron chi connectivity index (χ4n) is 2.87. The molecule has 3 rings (SSSR count). The van der Waals surface area contributed by atoms with E-state index < -0.39 is 27.4 Å². The molecule has 0 aliphatic carbocycles. The van der Waals surface area contributed by atoms with Gasteiger partial charge in [-0.25, -0.2) is 8.42 Å². The molecule has 0 radical (unpaired) electrons. The first-order chi connectivity index (χ1) is 13.8. The zero-order valence-electron chi connectivity index (χ0n) is 15.9. The fraction of sp³-hybridized carbons (Fsp3) is 0.143. The normalized spacial score (nSPS) is 11.1. The molecule has 150 valence electrons. The smallest absolute Gasteiger partial charge is 0.305 e. The average molecular weight is 412 g/mol. The molecular weight excluding hydrogens is 392 g/mol. The minimum atomic E-state index is -3.65. The molecular formula is C21H20N2O5S. The van der Waals surface area contributed by atoms with Crippen molar-refractivity contribution in [3.05, 3.63) is 88.9 Å². The SMILES string of the molecule is Cc1ccc(C(=O)NNC(=O)c2occc2CS(=O)(=O)c2ccccc2)c(C)c1. The summed E-state index contributed by atoms with van der Waals surface area (Å²) in [5, 5.41) is 0. The number of carbonyl (C=O) groups is 2. The van der Waals surface area contributed by atoms with E-state index in [4.69, 9.17) is 4.42 Å². The fourth-order valence-corrected chi connectivity index (χ4v) is 4.25. The van der Waals surface area contributed by atoms with E-state index in [1.807, 2.05) is 13.0 Å². The second-order valence-corrected chi connectivity index (χ2v) is 8.56. The monoisotopic (exact) mass is 412 g/mol. The lowest BCUT2D eigenvalue weighted by Gasteiger charge is -2.10. The van der Waals surface area contributed by atoms with Crippen LogP contribution in [-0.2, 0) is 15.6 Å². The van der Waals surface area contributed by atoms with Crippen LogP contribution in [0.3, 0.4) is 0 Å². The Morgan fingerprint density at radius 2 is 1.62 bits per heavy atom. The molecule has 0 bridgehead atoms. The lowest BCUT2D eigenvalue weighted by atomic mass is 10.1. The van der Waals surface area contributed by atoms with Gasteiger partial charge in [0.2, 0.25) is 0 Å². The molecule has 0 saturated heterocycles. The largest absolute Gasteiger partial charge is 0.459 e. The van der Waals surface area contributed by atoms with Crippen LogP contribution in [0.25, 0.3) is 0 Å². The molecule has 0 fully saturated rings. The van der Waals surface area contributed by atoms with Crippen LogP contribution in [-0.4, -0.2) is 20.2 Å². The Kier molecular flexibility index (Phi) is 5.84. The maximum atomic E-state index is 12.5. The molecule has 8 heteroatoms.